The van der Waals surface area contributed by atoms with E-state index < -0.39 is 12.1 Å². The van der Waals surface area contributed by atoms with Crippen LogP contribution in [0.2, 0.25) is 0 Å². The van der Waals surface area contributed by atoms with Crippen LogP contribution in [0.1, 0.15) is 64.7 Å². The highest BCUT2D eigenvalue weighted by Crippen LogP contribution is 2.19. The van der Waals surface area contributed by atoms with Gasteiger partial charge in [-0.05, 0) is 63.5 Å². The van der Waals surface area contributed by atoms with Gasteiger partial charge < -0.3 is 15.7 Å². The van der Waals surface area contributed by atoms with E-state index in [9.17, 15) is 14.7 Å². The summed E-state index contributed by atoms with van der Waals surface area (Å²) in [5.74, 6) is 0.783. The van der Waals surface area contributed by atoms with Crippen LogP contribution in [0, 0.1) is 0 Å². The Kier molecular flexibility index (Phi) is 15.6. The highest BCUT2D eigenvalue weighted by molar-refractivity contribution is 5.88. The Labute approximate surface area is 198 Å². The van der Waals surface area contributed by atoms with Gasteiger partial charge in [0.15, 0.2) is 0 Å². The molecule has 0 aromatic rings. The van der Waals surface area contributed by atoms with Crippen LogP contribution in [0.5, 0.6) is 0 Å². The monoisotopic (exact) mass is 450 g/mol. The number of hydrogen-bond donors (Lipinski definition) is 2. The molecule has 0 bridgehead atoms. The van der Waals surface area contributed by atoms with Crippen molar-refractivity contribution < 1.29 is 14.7 Å². The third-order valence-electron chi connectivity index (χ3n) is 5.01. The van der Waals surface area contributed by atoms with Crippen LogP contribution in [-0.4, -0.2) is 28.1 Å². The average molecular weight is 451 g/mol. The summed E-state index contributed by atoms with van der Waals surface area (Å²) in [6.45, 7) is 2.14. The Hall–Kier alpha value is -3.14. The van der Waals surface area contributed by atoms with Gasteiger partial charge in [-0.3, -0.25) is 0 Å². The molecule has 0 aromatic carbocycles. The summed E-state index contributed by atoms with van der Waals surface area (Å²) in [4.78, 5) is 24.0. The molecule has 1 rings (SSSR count). The Morgan fingerprint density at radius 1 is 0.970 bits per heavy atom. The Bertz CT molecular complexity index is 837. The van der Waals surface area contributed by atoms with Crippen molar-refractivity contribution in [1.29, 1.82) is 0 Å². The molecule has 0 radical (unpaired) electrons. The Morgan fingerprint density at radius 2 is 1.52 bits per heavy atom. The van der Waals surface area contributed by atoms with E-state index in [2.05, 4.69) is 55.5 Å². The molecular weight excluding hydrogens is 412 g/mol. The smallest absolute Gasteiger partial charge is 0.335 e. The van der Waals surface area contributed by atoms with E-state index in [0.29, 0.717) is 12.1 Å². The number of carboxylic acids is 1. The third-order valence-corrected chi connectivity index (χ3v) is 5.01. The molecule has 0 saturated carbocycles. The molecule has 178 valence electrons. The maximum absolute atomic E-state index is 11.3. The van der Waals surface area contributed by atoms with E-state index in [1.807, 2.05) is 18.1 Å². The lowest BCUT2D eigenvalue weighted by atomic mass is 10.1. The molecule has 1 atom stereocenters. The first kappa shape index (κ1) is 27.9. The molecule has 1 aliphatic heterocycles. The molecule has 1 heterocycles. The topological polar surface area (TPSA) is 83.6 Å². The number of carbonyl (C=O) groups is 1. The fourth-order valence-corrected chi connectivity index (χ4v) is 3.17. The van der Waals surface area contributed by atoms with Gasteiger partial charge in [0.1, 0.15) is 17.8 Å². The number of nitrogens with zero attached hydrogens (tertiary/aromatic N) is 1. The normalized spacial score (nSPS) is 16.6. The third kappa shape index (κ3) is 12.5. The molecule has 0 amide bonds. The van der Waals surface area contributed by atoms with Crippen LogP contribution < -0.4 is 5.73 Å². The molecule has 3 N–H and O–H groups in total. The number of aliphatic carboxylic acids is 1. The van der Waals surface area contributed by atoms with E-state index in [1.54, 1.807) is 12.3 Å². The molecule has 0 aliphatic carbocycles. The predicted molar refractivity (Wildman–Crippen MR) is 137 cm³/mol. The van der Waals surface area contributed by atoms with E-state index in [1.165, 1.54) is 23.8 Å². The molecular formula is C28H38N2O3. The van der Waals surface area contributed by atoms with Crippen molar-refractivity contribution in [3.8, 4) is 0 Å². The van der Waals surface area contributed by atoms with Crippen LogP contribution in [0.15, 0.2) is 90.4 Å². The number of nitrogens with two attached hydrogens (primary N) is 1. The number of carboxylic acid groups (broad SMARTS) is 1. The van der Waals surface area contributed by atoms with Crippen molar-refractivity contribution in [2.24, 2.45) is 5.73 Å². The van der Waals surface area contributed by atoms with Crippen LogP contribution in [-0.2, 0) is 9.59 Å². The largest absolute Gasteiger partial charge is 0.478 e. The number of allylic oxidation sites excluding steroid dienone is 12. The zero-order chi connectivity index (χ0) is 24.2. The summed E-state index contributed by atoms with van der Waals surface area (Å²) in [6, 6.07) is 0. The quantitative estimate of drug-likeness (QED) is 0.168. The van der Waals surface area contributed by atoms with Crippen molar-refractivity contribution in [3.05, 3.63) is 90.4 Å². The predicted octanol–water partition coefficient (Wildman–Crippen LogP) is 6.14. The van der Waals surface area contributed by atoms with Gasteiger partial charge in [0, 0.05) is 12.6 Å². The van der Waals surface area contributed by atoms with E-state index >= 15 is 0 Å². The summed E-state index contributed by atoms with van der Waals surface area (Å²) < 4.78 is 0. The number of unbranched alkanes of at least 4 members (excludes halogenated alkanes) is 3. The number of carbonyl (C=O) groups excluding carboxylic acids is 1. The van der Waals surface area contributed by atoms with Crippen molar-refractivity contribution in [3.63, 3.8) is 0 Å². The van der Waals surface area contributed by atoms with Gasteiger partial charge in [0.05, 0.1) is 5.57 Å². The fraction of sp³-hybridized carbons (Fsp3) is 0.393. The fourth-order valence-electron chi connectivity index (χ4n) is 3.17. The molecule has 5 heteroatoms. The standard InChI is InChI=1S/C28H38N2O3/c1-2-3-4-5-6-7-8-9-10-11-12-13-14-15-16-17-18-19-21-25(24-31)30-23-20-22-26(27(30)29)28(32)33/h3-4,6-7,9-10,15-16,18-20,22-23,27H,2,5,8,11-14,17,21,29H2,1H3,(H,32,33). The van der Waals surface area contributed by atoms with E-state index in [0.717, 1.165) is 38.5 Å². The average Bonchev–Trinajstić information content (AvgIpc) is 2.81. The molecule has 0 spiro atoms. The lowest BCUT2D eigenvalue weighted by molar-refractivity contribution is -0.133. The highest BCUT2D eigenvalue weighted by Gasteiger charge is 2.25. The summed E-state index contributed by atoms with van der Waals surface area (Å²) in [5, 5.41) is 9.17. The van der Waals surface area contributed by atoms with Crippen molar-refractivity contribution in [2.45, 2.75) is 70.9 Å². The van der Waals surface area contributed by atoms with Gasteiger partial charge in [-0.25, -0.2) is 9.59 Å². The molecule has 0 fully saturated rings. The van der Waals surface area contributed by atoms with Crippen LogP contribution >= 0.6 is 0 Å². The van der Waals surface area contributed by atoms with E-state index in [-0.39, 0.29) is 5.57 Å². The minimum absolute atomic E-state index is 0.0416. The second-order valence-electron chi connectivity index (χ2n) is 7.63. The minimum Gasteiger partial charge on any atom is -0.478 e. The minimum atomic E-state index is -1.10. The maximum Gasteiger partial charge on any atom is 0.335 e. The van der Waals surface area contributed by atoms with Crippen molar-refractivity contribution >= 4 is 11.9 Å². The summed E-state index contributed by atoms with van der Waals surface area (Å²) in [7, 11) is 0. The van der Waals surface area contributed by atoms with Crippen LogP contribution in [0.3, 0.4) is 0 Å². The maximum atomic E-state index is 11.3. The van der Waals surface area contributed by atoms with Crippen LogP contribution in [0.25, 0.3) is 0 Å². The lowest BCUT2D eigenvalue weighted by Gasteiger charge is -2.29. The first-order chi connectivity index (χ1) is 16.1. The molecule has 0 aromatic heterocycles. The zero-order valence-electron chi connectivity index (χ0n) is 19.7. The van der Waals surface area contributed by atoms with Gasteiger partial charge >= 0.3 is 5.97 Å². The van der Waals surface area contributed by atoms with Crippen molar-refractivity contribution in [2.75, 3.05) is 0 Å². The van der Waals surface area contributed by atoms with Gasteiger partial charge in [-0.1, -0.05) is 67.7 Å². The Morgan fingerprint density at radius 3 is 2.06 bits per heavy atom. The SMILES string of the molecule is CCC=CCC=CCC=CCCCCC=CCC=CCC(=C=O)N1C=CC=C(C(=O)O)C1N. The second-order valence-corrected chi connectivity index (χ2v) is 7.63. The van der Waals surface area contributed by atoms with Gasteiger partial charge in [0.25, 0.3) is 0 Å². The number of rotatable bonds is 16. The summed E-state index contributed by atoms with van der Waals surface area (Å²) in [6.07, 6.45) is 33.9. The first-order valence-electron chi connectivity index (χ1n) is 11.8. The molecule has 5 nitrogen and oxygen atoms in total. The Balaban J connectivity index is 2.16. The van der Waals surface area contributed by atoms with Crippen LogP contribution in [0.4, 0.5) is 0 Å². The number of hydrogen-bond acceptors (Lipinski definition) is 4. The van der Waals surface area contributed by atoms with Gasteiger partial charge in [-0.2, -0.15) is 0 Å². The summed E-state index contributed by atoms with van der Waals surface area (Å²) in [5.41, 5.74) is 6.30. The van der Waals surface area contributed by atoms with E-state index in [4.69, 9.17) is 5.73 Å². The van der Waals surface area contributed by atoms with Gasteiger partial charge in [-0.15, -0.1) is 0 Å². The van der Waals surface area contributed by atoms with Gasteiger partial charge in [0.2, 0.25) is 0 Å². The summed E-state index contributed by atoms with van der Waals surface area (Å²) >= 11 is 0. The lowest BCUT2D eigenvalue weighted by Crippen LogP contribution is -2.43. The highest BCUT2D eigenvalue weighted by atomic mass is 16.4. The zero-order valence-corrected chi connectivity index (χ0v) is 19.7. The molecule has 0 saturated heterocycles. The molecule has 1 aliphatic rings. The molecule has 1 unspecified atom stereocenters. The first-order valence-corrected chi connectivity index (χ1v) is 11.8. The second kappa shape index (κ2) is 18.4. The molecule has 33 heavy (non-hydrogen) atoms. The van der Waals surface area contributed by atoms with Crippen molar-refractivity contribution in [1.82, 2.24) is 4.90 Å².